The molecule has 6 heteroatoms. The number of hydrogen-bond donors (Lipinski definition) is 3. The Morgan fingerprint density at radius 3 is 2.88 bits per heavy atom. The lowest BCUT2D eigenvalue weighted by molar-refractivity contribution is 0.261. The Labute approximate surface area is 102 Å². The van der Waals surface area contributed by atoms with Crippen LogP contribution in [0, 0.1) is 0 Å². The fourth-order valence-corrected chi connectivity index (χ4v) is 1.62. The molecule has 1 atom stereocenters. The Bertz CT molecular complexity index is 303. The van der Waals surface area contributed by atoms with Crippen LogP contribution < -0.4 is 5.32 Å². The van der Waals surface area contributed by atoms with E-state index in [-0.39, 0.29) is 13.2 Å². The Hall–Kier alpha value is -0.980. The average Bonchev–Trinajstić information content (AvgIpc) is 2.80. The first-order valence-electron chi connectivity index (χ1n) is 6.14. The second-order valence-electron chi connectivity index (χ2n) is 4.05. The topological polar surface area (TPSA) is 83.2 Å². The van der Waals surface area contributed by atoms with Gasteiger partial charge in [-0.1, -0.05) is 12.1 Å². The molecule has 0 fully saturated rings. The van der Waals surface area contributed by atoms with Crippen molar-refractivity contribution in [3.63, 3.8) is 0 Å². The number of hydrogen-bond acceptors (Lipinski definition) is 5. The van der Waals surface area contributed by atoms with Gasteiger partial charge in [-0.15, -0.1) is 5.10 Å². The summed E-state index contributed by atoms with van der Waals surface area (Å²) in [6.07, 6.45) is 4.32. The zero-order valence-corrected chi connectivity index (χ0v) is 10.3. The molecule has 0 radical (unpaired) electrons. The van der Waals surface area contributed by atoms with Crippen LogP contribution in [0.4, 0.5) is 0 Å². The number of aliphatic hydroxyl groups excluding tert-OH is 2. The van der Waals surface area contributed by atoms with Crippen LogP contribution in [0.2, 0.25) is 0 Å². The number of nitrogens with one attached hydrogen (secondary N) is 1. The van der Waals surface area contributed by atoms with E-state index in [2.05, 4.69) is 22.6 Å². The van der Waals surface area contributed by atoms with E-state index < -0.39 is 0 Å². The second kappa shape index (κ2) is 8.16. The highest BCUT2D eigenvalue weighted by Gasteiger charge is 2.06. The molecule has 0 saturated heterocycles. The first-order chi connectivity index (χ1) is 8.30. The molecule has 1 aromatic heterocycles. The Balaban J connectivity index is 2.32. The summed E-state index contributed by atoms with van der Waals surface area (Å²) < 4.78 is 1.74. The van der Waals surface area contributed by atoms with E-state index in [0.29, 0.717) is 25.6 Å². The van der Waals surface area contributed by atoms with Gasteiger partial charge in [0, 0.05) is 38.5 Å². The molecule has 0 aliphatic carbocycles. The maximum Gasteiger partial charge on any atom is 0.0964 e. The van der Waals surface area contributed by atoms with E-state index in [0.717, 1.165) is 18.5 Å². The highest BCUT2D eigenvalue weighted by Crippen LogP contribution is 2.00. The van der Waals surface area contributed by atoms with Crippen molar-refractivity contribution in [2.45, 2.75) is 45.3 Å². The molecule has 0 aromatic carbocycles. The summed E-state index contributed by atoms with van der Waals surface area (Å²) in [5.74, 6) is 0. The van der Waals surface area contributed by atoms with Gasteiger partial charge in [0.2, 0.25) is 0 Å². The molecule has 0 spiro atoms. The Kier molecular flexibility index (Phi) is 6.76. The van der Waals surface area contributed by atoms with Crippen LogP contribution in [0.5, 0.6) is 0 Å². The number of rotatable bonds is 9. The van der Waals surface area contributed by atoms with Gasteiger partial charge >= 0.3 is 0 Å². The first-order valence-corrected chi connectivity index (χ1v) is 6.14. The first kappa shape index (κ1) is 14.1. The van der Waals surface area contributed by atoms with Crippen molar-refractivity contribution in [1.29, 1.82) is 0 Å². The molecule has 0 amide bonds. The van der Waals surface area contributed by atoms with Gasteiger partial charge < -0.3 is 15.5 Å². The minimum Gasteiger partial charge on any atom is -0.396 e. The lowest BCUT2D eigenvalue weighted by atomic mass is 10.1. The predicted molar refractivity (Wildman–Crippen MR) is 64.3 cm³/mol. The largest absolute Gasteiger partial charge is 0.396 e. The van der Waals surface area contributed by atoms with Crippen molar-refractivity contribution < 1.29 is 10.2 Å². The molecule has 17 heavy (non-hydrogen) atoms. The molecule has 0 bridgehead atoms. The monoisotopic (exact) mass is 242 g/mol. The van der Waals surface area contributed by atoms with Gasteiger partial charge in [0.15, 0.2) is 0 Å². The third-order valence-electron chi connectivity index (χ3n) is 2.67. The van der Waals surface area contributed by atoms with Crippen LogP contribution in [0.1, 0.15) is 31.9 Å². The van der Waals surface area contributed by atoms with E-state index in [1.54, 1.807) is 4.68 Å². The summed E-state index contributed by atoms with van der Waals surface area (Å²) in [6, 6.07) is 0.322. The highest BCUT2D eigenvalue weighted by molar-refractivity contribution is 4.92. The summed E-state index contributed by atoms with van der Waals surface area (Å²) in [5, 5.41) is 28.9. The molecule has 98 valence electrons. The fraction of sp³-hybridized carbons (Fsp3) is 0.818. The maximum absolute atomic E-state index is 8.87. The molecular weight excluding hydrogens is 220 g/mol. The van der Waals surface area contributed by atoms with E-state index in [1.807, 2.05) is 6.20 Å². The molecular formula is C11H22N4O2. The maximum atomic E-state index is 8.87. The summed E-state index contributed by atoms with van der Waals surface area (Å²) in [4.78, 5) is 0. The van der Waals surface area contributed by atoms with Gasteiger partial charge in [-0.2, -0.15) is 0 Å². The third kappa shape index (κ3) is 5.25. The third-order valence-corrected chi connectivity index (χ3v) is 2.67. The van der Waals surface area contributed by atoms with Gasteiger partial charge in [-0.05, 0) is 19.3 Å². The lowest BCUT2D eigenvalue weighted by Gasteiger charge is -2.14. The van der Waals surface area contributed by atoms with Crippen molar-refractivity contribution in [3.8, 4) is 0 Å². The quantitative estimate of drug-likeness (QED) is 0.564. The van der Waals surface area contributed by atoms with Crippen LogP contribution in [0.15, 0.2) is 6.20 Å². The molecule has 0 aliphatic heterocycles. The molecule has 1 rings (SSSR count). The zero-order chi connectivity index (χ0) is 12.5. The normalized spacial score (nSPS) is 12.9. The molecule has 0 saturated carbocycles. The minimum absolute atomic E-state index is 0.169. The summed E-state index contributed by atoms with van der Waals surface area (Å²) in [6.45, 7) is 3.82. The number of nitrogens with zero attached hydrogens (tertiary/aromatic N) is 3. The SMILES string of the molecule is CCC(CCO)NCc1cn(CCCO)nn1. The minimum atomic E-state index is 0.169. The average molecular weight is 242 g/mol. The van der Waals surface area contributed by atoms with Crippen molar-refractivity contribution in [3.05, 3.63) is 11.9 Å². The van der Waals surface area contributed by atoms with Crippen molar-refractivity contribution in [2.75, 3.05) is 13.2 Å². The number of aryl methyl sites for hydroxylation is 1. The zero-order valence-electron chi connectivity index (χ0n) is 10.3. The van der Waals surface area contributed by atoms with Crippen molar-refractivity contribution in [2.24, 2.45) is 0 Å². The van der Waals surface area contributed by atoms with Crippen LogP contribution >= 0.6 is 0 Å². The predicted octanol–water partition coefficient (Wildman–Crippen LogP) is -0.0889. The van der Waals surface area contributed by atoms with E-state index in [4.69, 9.17) is 10.2 Å². The van der Waals surface area contributed by atoms with Crippen LogP contribution in [-0.2, 0) is 13.1 Å². The van der Waals surface area contributed by atoms with Crippen LogP contribution in [-0.4, -0.2) is 44.5 Å². The highest BCUT2D eigenvalue weighted by atomic mass is 16.3. The van der Waals surface area contributed by atoms with Crippen molar-refractivity contribution in [1.82, 2.24) is 20.3 Å². The van der Waals surface area contributed by atoms with Crippen LogP contribution in [0.3, 0.4) is 0 Å². The van der Waals surface area contributed by atoms with Gasteiger partial charge in [0.1, 0.15) is 0 Å². The van der Waals surface area contributed by atoms with Gasteiger partial charge in [0.25, 0.3) is 0 Å². The number of aliphatic hydroxyl groups is 2. The van der Waals surface area contributed by atoms with Crippen LogP contribution in [0.25, 0.3) is 0 Å². The summed E-state index contributed by atoms with van der Waals surface area (Å²) in [7, 11) is 0. The smallest absolute Gasteiger partial charge is 0.0964 e. The Morgan fingerprint density at radius 2 is 2.24 bits per heavy atom. The fourth-order valence-electron chi connectivity index (χ4n) is 1.62. The molecule has 6 nitrogen and oxygen atoms in total. The molecule has 1 heterocycles. The summed E-state index contributed by atoms with van der Waals surface area (Å²) in [5.41, 5.74) is 0.888. The lowest BCUT2D eigenvalue weighted by Crippen LogP contribution is -2.28. The molecule has 1 aromatic rings. The van der Waals surface area contributed by atoms with E-state index in [9.17, 15) is 0 Å². The molecule has 0 aliphatic rings. The molecule has 3 N–H and O–H groups in total. The second-order valence-corrected chi connectivity index (χ2v) is 4.05. The van der Waals surface area contributed by atoms with Gasteiger partial charge in [-0.3, -0.25) is 4.68 Å². The van der Waals surface area contributed by atoms with E-state index in [1.165, 1.54) is 0 Å². The van der Waals surface area contributed by atoms with Gasteiger partial charge in [0.05, 0.1) is 5.69 Å². The van der Waals surface area contributed by atoms with Crippen molar-refractivity contribution >= 4 is 0 Å². The van der Waals surface area contributed by atoms with Gasteiger partial charge in [-0.25, -0.2) is 0 Å². The molecule has 1 unspecified atom stereocenters. The Morgan fingerprint density at radius 1 is 1.41 bits per heavy atom. The van der Waals surface area contributed by atoms with E-state index >= 15 is 0 Å². The standard InChI is InChI=1S/C11H22N4O2/c1-2-10(4-7-17)12-8-11-9-15(14-13-11)5-3-6-16/h9-10,12,16-17H,2-8H2,1H3. The summed E-state index contributed by atoms with van der Waals surface area (Å²) >= 11 is 0. The number of aromatic nitrogens is 3.